The number of rotatable bonds is 3. The van der Waals surface area contributed by atoms with E-state index in [0.717, 1.165) is 37.9 Å². The van der Waals surface area contributed by atoms with Crippen LogP contribution >= 0.6 is 0 Å². The maximum Gasteiger partial charge on any atom is 0.242 e. The molecule has 2 saturated heterocycles. The number of carbonyl (C=O) groups is 2. The summed E-state index contributed by atoms with van der Waals surface area (Å²) in [5.41, 5.74) is 1.13. The third-order valence-electron chi connectivity index (χ3n) is 4.77. The van der Waals surface area contributed by atoms with E-state index in [9.17, 15) is 9.59 Å². The number of nitrogens with one attached hydrogen (secondary N) is 1. The highest BCUT2D eigenvalue weighted by Gasteiger charge is 2.31. The van der Waals surface area contributed by atoms with Crippen molar-refractivity contribution in [3.8, 4) is 0 Å². The lowest BCUT2D eigenvalue weighted by molar-refractivity contribution is -0.148. The van der Waals surface area contributed by atoms with E-state index in [0.29, 0.717) is 19.6 Å². The molecule has 2 aliphatic rings. The van der Waals surface area contributed by atoms with Gasteiger partial charge in [-0.15, -0.1) is 0 Å². The zero-order chi connectivity index (χ0) is 16.1. The summed E-state index contributed by atoms with van der Waals surface area (Å²) < 4.78 is 0. The molecule has 1 atom stereocenters. The molecule has 0 saturated carbocycles. The molecule has 5 heteroatoms. The Morgan fingerprint density at radius 2 is 1.96 bits per heavy atom. The minimum Gasteiger partial charge on any atom is -0.335 e. The lowest BCUT2D eigenvalue weighted by Crippen LogP contribution is -2.53. The minimum absolute atomic E-state index is 0.0557. The van der Waals surface area contributed by atoms with E-state index in [1.807, 2.05) is 35.2 Å². The fourth-order valence-corrected chi connectivity index (χ4v) is 3.39. The molecule has 124 valence electrons. The molecule has 1 aromatic carbocycles. The van der Waals surface area contributed by atoms with Crippen LogP contribution in [-0.4, -0.2) is 54.3 Å². The van der Waals surface area contributed by atoms with Gasteiger partial charge in [-0.1, -0.05) is 30.3 Å². The fourth-order valence-electron chi connectivity index (χ4n) is 3.39. The van der Waals surface area contributed by atoms with Crippen molar-refractivity contribution < 1.29 is 9.59 Å². The minimum atomic E-state index is 0.0557. The molecule has 3 rings (SSSR count). The van der Waals surface area contributed by atoms with Crippen molar-refractivity contribution in [1.82, 2.24) is 15.1 Å². The van der Waals surface area contributed by atoms with Crippen molar-refractivity contribution in [1.29, 1.82) is 0 Å². The Kier molecular flexibility index (Phi) is 5.28. The van der Waals surface area contributed by atoms with Crippen LogP contribution in [0.15, 0.2) is 30.3 Å². The van der Waals surface area contributed by atoms with Crippen LogP contribution in [-0.2, 0) is 16.1 Å². The second-order valence-corrected chi connectivity index (χ2v) is 6.44. The zero-order valence-electron chi connectivity index (χ0n) is 13.5. The summed E-state index contributed by atoms with van der Waals surface area (Å²) in [6.07, 6.45) is 2.86. The first kappa shape index (κ1) is 16.0. The van der Waals surface area contributed by atoms with Gasteiger partial charge in [0.05, 0.1) is 6.54 Å². The predicted octanol–water partition coefficient (Wildman–Crippen LogP) is 1.25. The molecule has 2 heterocycles. The maximum atomic E-state index is 12.6. The molecule has 5 nitrogen and oxygen atoms in total. The van der Waals surface area contributed by atoms with Crippen molar-refractivity contribution in [2.24, 2.45) is 5.92 Å². The Bertz CT molecular complexity index is 538. The molecular weight excluding hydrogens is 290 g/mol. The Morgan fingerprint density at radius 3 is 2.74 bits per heavy atom. The first-order valence-electron chi connectivity index (χ1n) is 8.55. The van der Waals surface area contributed by atoms with Gasteiger partial charge in [-0.3, -0.25) is 9.59 Å². The van der Waals surface area contributed by atoms with Gasteiger partial charge in [0, 0.05) is 25.6 Å². The number of hydrogen-bond donors (Lipinski definition) is 1. The summed E-state index contributed by atoms with van der Waals surface area (Å²) in [6, 6.07) is 10.0. The first-order valence-corrected chi connectivity index (χ1v) is 8.55. The molecule has 1 N–H and O–H groups in total. The van der Waals surface area contributed by atoms with E-state index in [2.05, 4.69) is 5.32 Å². The van der Waals surface area contributed by atoms with Crippen LogP contribution < -0.4 is 5.32 Å². The number of amides is 2. The van der Waals surface area contributed by atoms with Crippen LogP contribution in [0.5, 0.6) is 0 Å². The SMILES string of the molecule is O=C1CN(C(=O)C2CCCNCC2)CCN1Cc1ccccc1. The topological polar surface area (TPSA) is 52.7 Å². The van der Waals surface area contributed by atoms with Crippen molar-refractivity contribution in [2.45, 2.75) is 25.8 Å². The van der Waals surface area contributed by atoms with Crippen molar-refractivity contribution >= 4 is 11.8 Å². The Morgan fingerprint density at radius 1 is 1.13 bits per heavy atom. The number of benzene rings is 1. The van der Waals surface area contributed by atoms with E-state index in [4.69, 9.17) is 0 Å². The summed E-state index contributed by atoms with van der Waals surface area (Å²) in [5, 5.41) is 3.33. The summed E-state index contributed by atoms with van der Waals surface area (Å²) in [5.74, 6) is 0.306. The van der Waals surface area contributed by atoms with Crippen LogP contribution in [0.1, 0.15) is 24.8 Å². The monoisotopic (exact) mass is 315 g/mol. The lowest BCUT2D eigenvalue weighted by Gasteiger charge is -2.36. The van der Waals surface area contributed by atoms with Crippen LogP contribution in [0.25, 0.3) is 0 Å². The Balaban J connectivity index is 1.55. The molecule has 23 heavy (non-hydrogen) atoms. The summed E-state index contributed by atoms with van der Waals surface area (Å²) >= 11 is 0. The molecule has 1 unspecified atom stereocenters. The van der Waals surface area contributed by atoms with Gasteiger partial charge in [-0.2, -0.15) is 0 Å². The van der Waals surface area contributed by atoms with Gasteiger partial charge in [0.1, 0.15) is 0 Å². The number of nitrogens with zero attached hydrogens (tertiary/aromatic N) is 2. The van der Waals surface area contributed by atoms with E-state index in [1.54, 1.807) is 4.90 Å². The van der Waals surface area contributed by atoms with E-state index in [-0.39, 0.29) is 24.3 Å². The van der Waals surface area contributed by atoms with E-state index in [1.165, 1.54) is 0 Å². The molecule has 2 fully saturated rings. The van der Waals surface area contributed by atoms with Crippen molar-refractivity contribution in [3.05, 3.63) is 35.9 Å². The lowest BCUT2D eigenvalue weighted by atomic mass is 9.98. The van der Waals surface area contributed by atoms with Crippen LogP contribution in [0.3, 0.4) is 0 Å². The Labute approximate surface area is 137 Å². The van der Waals surface area contributed by atoms with Gasteiger partial charge in [0.25, 0.3) is 0 Å². The van der Waals surface area contributed by atoms with Gasteiger partial charge < -0.3 is 15.1 Å². The predicted molar refractivity (Wildman–Crippen MR) is 88.6 cm³/mol. The van der Waals surface area contributed by atoms with Crippen molar-refractivity contribution in [2.75, 3.05) is 32.7 Å². The van der Waals surface area contributed by atoms with Crippen molar-refractivity contribution in [3.63, 3.8) is 0 Å². The van der Waals surface area contributed by atoms with Crippen LogP contribution in [0.2, 0.25) is 0 Å². The molecule has 2 amide bonds. The molecule has 0 aliphatic carbocycles. The highest BCUT2D eigenvalue weighted by Crippen LogP contribution is 2.19. The normalized spacial score (nSPS) is 22.8. The smallest absolute Gasteiger partial charge is 0.242 e. The number of carbonyl (C=O) groups excluding carboxylic acids is 2. The van der Waals surface area contributed by atoms with Gasteiger partial charge >= 0.3 is 0 Å². The maximum absolute atomic E-state index is 12.6. The van der Waals surface area contributed by atoms with Gasteiger partial charge in [0.2, 0.25) is 11.8 Å². The summed E-state index contributed by atoms with van der Waals surface area (Å²) in [6.45, 7) is 4.04. The van der Waals surface area contributed by atoms with Crippen LogP contribution in [0.4, 0.5) is 0 Å². The largest absolute Gasteiger partial charge is 0.335 e. The van der Waals surface area contributed by atoms with Gasteiger partial charge in [0.15, 0.2) is 0 Å². The molecule has 0 radical (unpaired) electrons. The number of piperazine rings is 1. The molecule has 2 aliphatic heterocycles. The second kappa shape index (κ2) is 7.59. The van der Waals surface area contributed by atoms with Gasteiger partial charge in [-0.05, 0) is 37.9 Å². The quantitative estimate of drug-likeness (QED) is 0.913. The molecule has 0 bridgehead atoms. The number of hydrogen-bond acceptors (Lipinski definition) is 3. The average molecular weight is 315 g/mol. The molecule has 0 aromatic heterocycles. The summed E-state index contributed by atoms with van der Waals surface area (Å²) in [7, 11) is 0. The molecule has 0 spiro atoms. The molecule has 1 aromatic rings. The fraction of sp³-hybridized carbons (Fsp3) is 0.556. The van der Waals surface area contributed by atoms with E-state index >= 15 is 0 Å². The third kappa shape index (κ3) is 4.10. The van der Waals surface area contributed by atoms with Gasteiger partial charge in [-0.25, -0.2) is 0 Å². The Hall–Kier alpha value is -1.88. The second-order valence-electron chi connectivity index (χ2n) is 6.44. The standard InChI is InChI=1S/C18H25N3O2/c22-17-14-21(18(23)16-7-4-9-19-10-8-16)12-11-20(17)13-15-5-2-1-3-6-15/h1-3,5-6,16,19H,4,7-14H2. The first-order chi connectivity index (χ1) is 11.2. The highest BCUT2D eigenvalue weighted by atomic mass is 16.2. The highest BCUT2D eigenvalue weighted by molar-refractivity contribution is 5.87. The van der Waals surface area contributed by atoms with E-state index < -0.39 is 0 Å². The molecular formula is C18H25N3O2. The average Bonchev–Trinajstić information content (AvgIpc) is 2.86. The third-order valence-corrected chi connectivity index (χ3v) is 4.77. The zero-order valence-corrected chi connectivity index (χ0v) is 13.5. The summed E-state index contributed by atoms with van der Waals surface area (Å²) in [4.78, 5) is 28.6. The van der Waals surface area contributed by atoms with Crippen LogP contribution in [0, 0.1) is 5.92 Å².